The van der Waals surface area contributed by atoms with E-state index in [0.717, 1.165) is 62.7 Å². The Morgan fingerprint density at radius 1 is 1.07 bits per heavy atom. The lowest BCUT2D eigenvalue weighted by Crippen LogP contribution is -2.48. The summed E-state index contributed by atoms with van der Waals surface area (Å²) in [7, 11) is 5.17. The molecule has 7 rings (SSSR count). The van der Waals surface area contributed by atoms with E-state index >= 15 is 0 Å². The van der Waals surface area contributed by atoms with Crippen molar-refractivity contribution in [3.63, 3.8) is 0 Å². The van der Waals surface area contributed by atoms with Crippen LogP contribution in [0.25, 0.3) is 33.2 Å². The van der Waals surface area contributed by atoms with Crippen LogP contribution >= 0.6 is 0 Å². The van der Waals surface area contributed by atoms with Crippen molar-refractivity contribution in [2.45, 2.75) is 44.9 Å². The number of H-pyrrole nitrogens is 1. The van der Waals surface area contributed by atoms with Gasteiger partial charge in [-0.1, -0.05) is 18.2 Å². The van der Waals surface area contributed by atoms with Gasteiger partial charge in [-0.15, -0.1) is 0 Å². The van der Waals surface area contributed by atoms with Gasteiger partial charge in [0.05, 0.1) is 60.0 Å². The van der Waals surface area contributed by atoms with Crippen LogP contribution in [-0.4, -0.2) is 71.9 Å². The number of hydrogen-bond donors (Lipinski definition) is 2. The molecule has 0 bridgehead atoms. The summed E-state index contributed by atoms with van der Waals surface area (Å²) in [5, 5.41) is 9.18. The van der Waals surface area contributed by atoms with Crippen LogP contribution in [0, 0.1) is 6.92 Å². The Balaban J connectivity index is 1.19. The van der Waals surface area contributed by atoms with Gasteiger partial charge < -0.3 is 29.2 Å². The van der Waals surface area contributed by atoms with Gasteiger partial charge in [0.15, 0.2) is 0 Å². The minimum Gasteiger partial charge on any atom is -0.497 e. The number of nitrogens with zero attached hydrogens (tertiary/aromatic N) is 7. The summed E-state index contributed by atoms with van der Waals surface area (Å²) >= 11 is 0. The van der Waals surface area contributed by atoms with Crippen molar-refractivity contribution in [2.75, 3.05) is 20.8 Å². The lowest BCUT2D eigenvalue weighted by Gasteiger charge is -2.39. The number of amides is 1. The molecule has 1 aliphatic rings. The fourth-order valence-corrected chi connectivity index (χ4v) is 6.38. The van der Waals surface area contributed by atoms with Crippen molar-refractivity contribution in [3.05, 3.63) is 84.3 Å². The minimum atomic E-state index is -0.278. The predicted octanol–water partition coefficient (Wildman–Crippen LogP) is 4.56. The van der Waals surface area contributed by atoms with E-state index in [9.17, 15) is 4.79 Å². The second kappa shape index (κ2) is 12.3. The number of carbonyl (C=O) groups excluding carboxylic acids is 1. The number of aromatic amines is 1. The number of benzene rings is 2. The van der Waals surface area contributed by atoms with Gasteiger partial charge in [-0.3, -0.25) is 9.48 Å². The molecule has 2 aromatic carbocycles. The summed E-state index contributed by atoms with van der Waals surface area (Å²) in [6.07, 6.45) is 5.24. The van der Waals surface area contributed by atoms with Gasteiger partial charge in [-0.05, 0) is 50.1 Å². The van der Waals surface area contributed by atoms with Crippen molar-refractivity contribution in [1.29, 1.82) is 0 Å². The maximum absolute atomic E-state index is 14.2. The van der Waals surface area contributed by atoms with E-state index in [-0.39, 0.29) is 24.5 Å². The van der Waals surface area contributed by atoms with Crippen LogP contribution in [-0.2, 0) is 24.9 Å². The molecule has 1 aliphatic heterocycles. The van der Waals surface area contributed by atoms with Crippen molar-refractivity contribution in [1.82, 2.24) is 44.5 Å². The number of fused-ring (bicyclic) bond motifs is 2. The van der Waals surface area contributed by atoms with E-state index in [1.165, 1.54) is 0 Å². The summed E-state index contributed by atoms with van der Waals surface area (Å²) in [6, 6.07) is 17.6. The topological polar surface area (TPSA) is 128 Å². The van der Waals surface area contributed by atoms with Gasteiger partial charge in [0.1, 0.15) is 23.9 Å². The lowest BCUT2D eigenvalue weighted by atomic mass is 9.96. The third kappa shape index (κ3) is 5.67. The highest BCUT2D eigenvalue weighted by Gasteiger charge is 2.35. The minimum absolute atomic E-state index is 0.00120. The molecule has 2 N–H and O–H groups in total. The average molecular weight is 620 g/mol. The Labute approximate surface area is 266 Å². The number of aromatic nitrogens is 7. The van der Waals surface area contributed by atoms with Gasteiger partial charge in [0, 0.05) is 43.8 Å². The molecule has 1 amide bonds. The molecule has 6 aromatic rings. The van der Waals surface area contributed by atoms with E-state index in [0.29, 0.717) is 25.4 Å². The quantitative estimate of drug-likeness (QED) is 0.241. The monoisotopic (exact) mass is 619 g/mol. The fourth-order valence-electron chi connectivity index (χ4n) is 6.38. The molecule has 1 saturated heterocycles. The van der Waals surface area contributed by atoms with Gasteiger partial charge in [-0.25, -0.2) is 15.0 Å². The molecule has 0 spiro atoms. The normalized spacial score (nSPS) is 16.7. The molecule has 4 aromatic heterocycles. The molecule has 0 unspecified atom stereocenters. The van der Waals surface area contributed by atoms with Gasteiger partial charge >= 0.3 is 0 Å². The van der Waals surface area contributed by atoms with E-state index in [1.54, 1.807) is 25.1 Å². The van der Waals surface area contributed by atoms with E-state index in [4.69, 9.17) is 19.4 Å². The van der Waals surface area contributed by atoms with E-state index < -0.39 is 0 Å². The number of rotatable bonds is 9. The number of piperidine rings is 1. The highest BCUT2D eigenvalue weighted by molar-refractivity contribution is 5.85. The number of likely N-dealkylation sites (tertiary alicyclic amines) is 1. The summed E-state index contributed by atoms with van der Waals surface area (Å²) in [5.74, 6) is 2.73. The number of para-hydroxylation sites is 1. The van der Waals surface area contributed by atoms with Gasteiger partial charge in [-0.2, -0.15) is 5.10 Å². The highest BCUT2D eigenvalue weighted by atomic mass is 16.5. The molecule has 46 heavy (non-hydrogen) atoms. The molecular formula is C34H37N9O3. The van der Waals surface area contributed by atoms with Crippen LogP contribution in [0.1, 0.15) is 36.2 Å². The van der Waals surface area contributed by atoms with Crippen LogP contribution in [0.2, 0.25) is 0 Å². The van der Waals surface area contributed by atoms with Gasteiger partial charge in [0.25, 0.3) is 0 Å². The van der Waals surface area contributed by atoms with Crippen LogP contribution in [0.4, 0.5) is 0 Å². The summed E-state index contributed by atoms with van der Waals surface area (Å²) in [4.78, 5) is 33.9. The highest BCUT2D eigenvalue weighted by Crippen LogP contribution is 2.35. The Bertz CT molecular complexity index is 2030. The standard InChI is InChI=1S/C34H37N9O3/c1-21-37-28-10-9-25(45-3)17-30(28)43(21)20-32(44)42-14-12-23(35-18-24-11-13-41(2)40-24)16-31(42)33-36-19-29(38-33)26-15-22-7-5-6-8-27(22)39-34(26)46-4/h5-11,13,15,17,19,23,31,35H,12,14,16,18,20H2,1-4H3,(H,36,38)/t23-,31-/m0/s1. The number of carbonyl (C=O) groups is 1. The molecule has 2 atom stereocenters. The third-order valence-corrected chi connectivity index (χ3v) is 8.79. The second-order valence-electron chi connectivity index (χ2n) is 11.7. The van der Waals surface area contributed by atoms with E-state index in [2.05, 4.69) is 26.4 Å². The van der Waals surface area contributed by atoms with Crippen molar-refractivity contribution in [2.24, 2.45) is 7.05 Å². The molecule has 5 heterocycles. The van der Waals surface area contributed by atoms with Crippen molar-refractivity contribution >= 4 is 27.8 Å². The van der Waals surface area contributed by atoms with Crippen LogP contribution in [0.5, 0.6) is 11.6 Å². The smallest absolute Gasteiger partial charge is 0.243 e. The number of imidazole rings is 2. The predicted molar refractivity (Wildman–Crippen MR) is 174 cm³/mol. The number of ether oxygens (including phenoxy) is 2. The first-order chi connectivity index (χ1) is 22.4. The molecular weight excluding hydrogens is 582 g/mol. The van der Waals surface area contributed by atoms with Crippen molar-refractivity contribution in [3.8, 4) is 22.9 Å². The summed E-state index contributed by atoms with van der Waals surface area (Å²) < 4.78 is 14.9. The molecule has 236 valence electrons. The maximum atomic E-state index is 14.2. The lowest BCUT2D eigenvalue weighted by molar-refractivity contribution is -0.136. The summed E-state index contributed by atoms with van der Waals surface area (Å²) in [6.45, 7) is 3.32. The molecule has 0 aliphatic carbocycles. The number of pyridine rings is 1. The number of aryl methyl sites for hydroxylation is 2. The van der Waals surface area contributed by atoms with Crippen LogP contribution < -0.4 is 14.8 Å². The Morgan fingerprint density at radius 3 is 2.74 bits per heavy atom. The SMILES string of the molecule is COc1ccc2nc(C)n(CC(=O)N3CC[C@H](NCc4ccn(C)n4)C[C@H]3c3ncc(-c4cc5ccccc5nc4OC)[nH]3)c2c1. The average Bonchev–Trinajstić information content (AvgIpc) is 3.81. The first kappa shape index (κ1) is 29.5. The van der Waals surface area contributed by atoms with Crippen LogP contribution in [0.3, 0.4) is 0 Å². The second-order valence-corrected chi connectivity index (χ2v) is 11.7. The third-order valence-electron chi connectivity index (χ3n) is 8.79. The summed E-state index contributed by atoms with van der Waals surface area (Å²) in [5.41, 5.74) is 5.12. The van der Waals surface area contributed by atoms with Crippen molar-refractivity contribution < 1.29 is 14.3 Å². The number of hydrogen-bond acceptors (Lipinski definition) is 8. The van der Waals surface area contributed by atoms with E-state index in [1.807, 2.05) is 78.2 Å². The number of nitrogens with one attached hydrogen (secondary N) is 2. The Hall–Kier alpha value is -5.23. The number of methoxy groups -OCH3 is 2. The maximum Gasteiger partial charge on any atom is 0.243 e. The molecule has 12 heteroatoms. The zero-order valence-electron chi connectivity index (χ0n) is 26.4. The molecule has 0 saturated carbocycles. The van der Waals surface area contributed by atoms with Gasteiger partial charge in [0.2, 0.25) is 11.8 Å². The molecule has 12 nitrogen and oxygen atoms in total. The Kier molecular flexibility index (Phi) is 7.87. The Morgan fingerprint density at radius 2 is 1.93 bits per heavy atom. The molecule has 1 fully saturated rings. The zero-order chi connectivity index (χ0) is 31.8. The first-order valence-corrected chi connectivity index (χ1v) is 15.4. The zero-order valence-corrected chi connectivity index (χ0v) is 26.4. The first-order valence-electron chi connectivity index (χ1n) is 15.4. The molecule has 0 radical (unpaired) electrons. The fraction of sp³-hybridized carbons (Fsp3) is 0.324. The largest absolute Gasteiger partial charge is 0.497 e. The van der Waals surface area contributed by atoms with Crippen LogP contribution in [0.15, 0.2) is 67.0 Å².